The number of nitrogens with one attached hydrogen (secondary N) is 1. The van der Waals surface area contributed by atoms with Crippen LogP contribution in [0.1, 0.15) is 49.7 Å². The van der Waals surface area contributed by atoms with Crippen molar-refractivity contribution in [2.24, 2.45) is 17.6 Å². The minimum Gasteiger partial charge on any atom is -0.475 e. The van der Waals surface area contributed by atoms with E-state index in [0.717, 1.165) is 42.2 Å². The Morgan fingerprint density at radius 1 is 0.923 bits per heavy atom. The van der Waals surface area contributed by atoms with E-state index in [0.29, 0.717) is 19.6 Å². The van der Waals surface area contributed by atoms with Gasteiger partial charge in [0.05, 0.1) is 6.54 Å². The fourth-order valence-electron chi connectivity index (χ4n) is 6.45. The van der Waals surface area contributed by atoms with E-state index in [9.17, 15) is 35.5 Å². The Bertz CT molecular complexity index is 1070. The Kier molecular flexibility index (Phi) is 8.56. The van der Waals surface area contributed by atoms with Crippen molar-refractivity contribution in [2.75, 3.05) is 6.54 Å². The predicted octanol–water partition coefficient (Wildman–Crippen LogP) is 3.57. The molecule has 5 aliphatic rings. The van der Waals surface area contributed by atoms with Gasteiger partial charge in [-0.25, -0.2) is 14.0 Å². The summed E-state index contributed by atoms with van der Waals surface area (Å²) < 4.78 is 76.8. The normalized spacial score (nSPS) is 28.6. The molecule has 1 amide bonds. The maximum Gasteiger partial charge on any atom is 0.490 e. The number of halogens is 7. The SMILES string of the molecule is NC12CC3CC(C1)CC(NCC(=O)N1Cc4ccc(F)cc4C1)(C3)C2.O=C(O)C(F)(F)F.O=C(O)C(F)(F)F. The van der Waals surface area contributed by atoms with Crippen molar-refractivity contribution in [2.45, 2.75) is 75.0 Å². The number of carbonyl (C=O) groups is 3. The van der Waals surface area contributed by atoms with E-state index >= 15 is 0 Å². The highest BCUT2D eigenvalue weighted by molar-refractivity contribution is 5.79. The average Bonchev–Trinajstić information content (AvgIpc) is 3.19. The Balaban J connectivity index is 0.000000251. The number of alkyl halides is 6. The molecule has 4 bridgehead atoms. The molecule has 4 fully saturated rings. The third-order valence-electron chi connectivity index (χ3n) is 7.45. The number of amides is 1. The molecule has 2 atom stereocenters. The van der Waals surface area contributed by atoms with Crippen LogP contribution in [0.15, 0.2) is 18.2 Å². The second-order valence-electron chi connectivity index (χ2n) is 10.7. The van der Waals surface area contributed by atoms with Gasteiger partial charge in [-0.2, -0.15) is 26.3 Å². The molecule has 0 spiro atoms. The molecule has 39 heavy (non-hydrogen) atoms. The van der Waals surface area contributed by atoms with E-state index in [2.05, 4.69) is 5.32 Å². The number of carboxylic acids is 2. The lowest BCUT2D eigenvalue weighted by Gasteiger charge is -2.61. The van der Waals surface area contributed by atoms with E-state index in [-0.39, 0.29) is 22.8 Å². The lowest BCUT2D eigenvalue weighted by Crippen LogP contribution is -2.68. The third-order valence-corrected chi connectivity index (χ3v) is 7.45. The van der Waals surface area contributed by atoms with E-state index < -0.39 is 24.3 Å². The number of aliphatic carboxylic acids is 2. The number of fused-ring (bicyclic) bond motifs is 1. The zero-order valence-corrected chi connectivity index (χ0v) is 20.5. The highest BCUT2D eigenvalue weighted by Gasteiger charge is 2.56. The second kappa shape index (κ2) is 10.9. The van der Waals surface area contributed by atoms with Crippen LogP contribution in [0.2, 0.25) is 0 Å². The van der Waals surface area contributed by atoms with Gasteiger partial charge in [0.1, 0.15) is 5.82 Å². The molecular weight excluding hydrogens is 543 g/mol. The molecule has 8 nitrogen and oxygen atoms in total. The lowest BCUT2D eigenvalue weighted by molar-refractivity contribution is -0.193. The predicted molar refractivity (Wildman–Crippen MR) is 120 cm³/mol. The molecule has 0 aromatic heterocycles. The van der Waals surface area contributed by atoms with Crippen LogP contribution in [0.4, 0.5) is 30.7 Å². The van der Waals surface area contributed by atoms with Crippen molar-refractivity contribution in [3.05, 3.63) is 35.1 Å². The van der Waals surface area contributed by atoms with Gasteiger partial charge in [-0.1, -0.05) is 6.07 Å². The molecule has 4 aliphatic carbocycles. The molecule has 4 saturated carbocycles. The fourth-order valence-corrected chi connectivity index (χ4v) is 6.45. The first kappa shape index (κ1) is 30.6. The molecule has 0 radical (unpaired) electrons. The minimum absolute atomic E-state index is 0.0124. The van der Waals surface area contributed by atoms with E-state index in [1.165, 1.54) is 25.3 Å². The van der Waals surface area contributed by atoms with Gasteiger partial charge in [-0.15, -0.1) is 0 Å². The van der Waals surface area contributed by atoms with Crippen LogP contribution >= 0.6 is 0 Å². The molecule has 1 aliphatic heterocycles. The topological polar surface area (TPSA) is 133 Å². The lowest BCUT2D eigenvalue weighted by atomic mass is 9.50. The Morgan fingerprint density at radius 3 is 1.87 bits per heavy atom. The summed E-state index contributed by atoms with van der Waals surface area (Å²) in [6.45, 7) is 1.48. The smallest absolute Gasteiger partial charge is 0.475 e. The molecular formula is C24H28F7N3O5. The molecule has 1 aromatic carbocycles. The summed E-state index contributed by atoms with van der Waals surface area (Å²) in [7, 11) is 0. The second-order valence-corrected chi connectivity index (χ2v) is 10.7. The maximum atomic E-state index is 13.4. The number of nitrogens with two attached hydrogens (primary N) is 1. The van der Waals surface area contributed by atoms with E-state index in [1.54, 1.807) is 12.1 Å². The summed E-state index contributed by atoms with van der Waals surface area (Å²) in [6.07, 6.45) is -3.18. The summed E-state index contributed by atoms with van der Waals surface area (Å²) in [5.41, 5.74) is 8.68. The van der Waals surface area contributed by atoms with Gasteiger partial charge in [0, 0.05) is 24.2 Å². The number of hydrogen-bond acceptors (Lipinski definition) is 5. The highest BCUT2D eigenvalue weighted by Crippen LogP contribution is 2.56. The van der Waals surface area contributed by atoms with Crippen LogP contribution in [-0.2, 0) is 27.5 Å². The van der Waals surface area contributed by atoms with Crippen LogP contribution in [0.25, 0.3) is 0 Å². The molecule has 6 rings (SSSR count). The summed E-state index contributed by atoms with van der Waals surface area (Å²) in [5, 5.41) is 17.9. The standard InChI is InChI=1S/C20H26FN3O.2C2HF3O2/c21-17-2-1-15-10-24(11-16(15)4-17)18(25)9-23-20-7-13-3-14(8-20)6-19(22,5-13)12-20;2*3-2(4,5)1(6)7/h1-2,4,13-14,23H,3,5-12,22H2;2*(H,6,7). The number of benzene rings is 1. The molecule has 1 aromatic rings. The van der Waals surface area contributed by atoms with Gasteiger partial charge in [0.25, 0.3) is 0 Å². The van der Waals surface area contributed by atoms with Gasteiger partial charge in [-0.3, -0.25) is 4.79 Å². The van der Waals surface area contributed by atoms with Gasteiger partial charge >= 0.3 is 24.3 Å². The summed E-state index contributed by atoms with van der Waals surface area (Å²) in [6, 6.07) is 4.82. The number of rotatable bonds is 3. The molecule has 5 N–H and O–H groups in total. The fraction of sp³-hybridized carbons (Fsp3) is 0.625. The van der Waals surface area contributed by atoms with Crippen molar-refractivity contribution < 1.29 is 55.3 Å². The van der Waals surface area contributed by atoms with Crippen molar-refractivity contribution in [1.82, 2.24) is 10.2 Å². The third kappa shape index (κ3) is 7.81. The van der Waals surface area contributed by atoms with E-state index in [4.69, 9.17) is 25.5 Å². The number of nitrogens with zero attached hydrogens (tertiary/aromatic N) is 1. The highest BCUT2D eigenvalue weighted by atomic mass is 19.4. The van der Waals surface area contributed by atoms with Crippen LogP contribution in [0.5, 0.6) is 0 Å². The first-order valence-corrected chi connectivity index (χ1v) is 12.0. The summed E-state index contributed by atoms with van der Waals surface area (Å²) >= 11 is 0. The van der Waals surface area contributed by atoms with Crippen molar-refractivity contribution in [3.63, 3.8) is 0 Å². The number of carboxylic acid groups (broad SMARTS) is 2. The summed E-state index contributed by atoms with van der Waals surface area (Å²) in [5.74, 6) is -4.17. The largest absolute Gasteiger partial charge is 0.490 e. The van der Waals surface area contributed by atoms with Crippen LogP contribution in [0, 0.1) is 17.7 Å². The molecule has 2 unspecified atom stereocenters. The Labute approximate surface area is 218 Å². The van der Waals surface area contributed by atoms with Crippen molar-refractivity contribution in [3.8, 4) is 0 Å². The van der Waals surface area contributed by atoms with Gasteiger partial charge in [0.2, 0.25) is 5.91 Å². The van der Waals surface area contributed by atoms with Crippen LogP contribution < -0.4 is 11.1 Å². The number of carbonyl (C=O) groups excluding carboxylic acids is 1. The average molecular weight is 571 g/mol. The van der Waals surface area contributed by atoms with Gasteiger partial charge < -0.3 is 26.2 Å². The Hall–Kier alpha value is -2.94. The van der Waals surface area contributed by atoms with E-state index in [1.807, 2.05) is 4.90 Å². The zero-order valence-electron chi connectivity index (χ0n) is 20.5. The molecule has 1 heterocycles. The van der Waals surface area contributed by atoms with Crippen molar-refractivity contribution in [1.29, 1.82) is 0 Å². The van der Waals surface area contributed by atoms with Crippen LogP contribution in [-0.4, -0.2) is 62.9 Å². The summed E-state index contributed by atoms with van der Waals surface area (Å²) in [4.78, 5) is 32.3. The first-order valence-electron chi connectivity index (χ1n) is 12.0. The zero-order chi connectivity index (χ0) is 29.4. The maximum absolute atomic E-state index is 13.4. The monoisotopic (exact) mass is 571 g/mol. The Morgan fingerprint density at radius 2 is 1.41 bits per heavy atom. The van der Waals surface area contributed by atoms with Crippen molar-refractivity contribution >= 4 is 17.8 Å². The molecule has 15 heteroatoms. The quantitative estimate of drug-likeness (QED) is 0.408. The van der Waals surface area contributed by atoms with Gasteiger partial charge in [0.15, 0.2) is 0 Å². The van der Waals surface area contributed by atoms with Gasteiger partial charge in [-0.05, 0) is 73.6 Å². The first-order chi connectivity index (χ1) is 17.8. The molecule has 218 valence electrons. The number of hydrogen-bond donors (Lipinski definition) is 4. The van der Waals surface area contributed by atoms with Crippen LogP contribution in [0.3, 0.4) is 0 Å². The minimum atomic E-state index is -5.08. The molecule has 0 saturated heterocycles.